The zero-order chi connectivity index (χ0) is 19.5. The number of benzene rings is 1. The molecule has 0 radical (unpaired) electrons. The number of sulfone groups is 1. The zero-order valence-corrected chi connectivity index (χ0v) is 17.3. The van der Waals surface area contributed by atoms with Crippen molar-refractivity contribution in [2.24, 2.45) is 0 Å². The molecular weight excluding hydrogens is 380 g/mol. The molecule has 2 atom stereocenters. The topological polar surface area (TPSA) is 75.3 Å². The standard InChI is InChI=1S/C20H26N2O3S2/c1-3-15-6-8-16(9-7-15)19(17-5-4-11-26-17)21-13-18(23)22-20(2)10-12-27(24,25)14-20/h4-9,11,19,21H,3,10,12-14H2,1-2H3,(H,22,23). The van der Waals surface area contributed by atoms with Crippen molar-refractivity contribution in [1.29, 1.82) is 0 Å². The summed E-state index contributed by atoms with van der Waals surface area (Å²) in [6, 6.07) is 12.4. The highest BCUT2D eigenvalue weighted by atomic mass is 32.2. The first-order chi connectivity index (χ1) is 12.8. The molecule has 0 bridgehead atoms. The summed E-state index contributed by atoms with van der Waals surface area (Å²) >= 11 is 1.65. The molecule has 2 unspecified atom stereocenters. The van der Waals surface area contributed by atoms with E-state index in [-0.39, 0.29) is 30.0 Å². The molecule has 0 spiro atoms. The van der Waals surface area contributed by atoms with E-state index in [0.29, 0.717) is 6.42 Å². The van der Waals surface area contributed by atoms with Gasteiger partial charge in [0.15, 0.2) is 9.84 Å². The Balaban J connectivity index is 1.67. The molecule has 146 valence electrons. The van der Waals surface area contributed by atoms with Gasteiger partial charge >= 0.3 is 0 Å². The van der Waals surface area contributed by atoms with Crippen LogP contribution < -0.4 is 10.6 Å². The first kappa shape index (κ1) is 20.0. The molecule has 2 aromatic rings. The second kappa shape index (κ2) is 8.12. The predicted molar refractivity (Wildman–Crippen MR) is 110 cm³/mol. The highest BCUT2D eigenvalue weighted by Crippen LogP contribution is 2.27. The SMILES string of the molecule is CCc1ccc(C(NCC(=O)NC2(C)CCS(=O)(=O)C2)c2cccs2)cc1. The number of rotatable bonds is 7. The molecule has 5 nitrogen and oxygen atoms in total. The Morgan fingerprint density at radius 3 is 2.56 bits per heavy atom. The Labute approximate surface area is 165 Å². The van der Waals surface area contributed by atoms with Gasteiger partial charge in [-0.25, -0.2) is 8.42 Å². The van der Waals surface area contributed by atoms with Crippen molar-refractivity contribution < 1.29 is 13.2 Å². The van der Waals surface area contributed by atoms with Gasteiger partial charge in [0, 0.05) is 4.88 Å². The van der Waals surface area contributed by atoms with E-state index >= 15 is 0 Å². The van der Waals surface area contributed by atoms with E-state index in [1.807, 2.05) is 11.4 Å². The number of hydrogen-bond donors (Lipinski definition) is 2. The number of thiophene rings is 1. The number of amides is 1. The van der Waals surface area contributed by atoms with Gasteiger partial charge in [-0.05, 0) is 42.3 Å². The number of aryl methyl sites for hydroxylation is 1. The lowest BCUT2D eigenvalue weighted by Gasteiger charge is -2.25. The van der Waals surface area contributed by atoms with Crippen LogP contribution in [0.25, 0.3) is 0 Å². The summed E-state index contributed by atoms with van der Waals surface area (Å²) in [7, 11) is -3.05. The summed E-state index contributed by atoms with van der Waals surface area (Å²) in [6.45, 7) is 4.06. The molecular formula is C20H26N2O3S2. The van der Waals surface area contributed by atoms with Gasteiger partial charge in [0.05, 0.1) is 29.6 Å². The van der Waals surface area contributed by atoms with Crippen LogP contribution in [-0.4, -0.2) is 37.9 Å². The largest absolute Gasteiger partial charge is 0.349 e. The summed E-state index contributed by atoms with van der Waals surface area (Å²) in [4.78, 5) is 13.6. The van der Waals surface area contributed by atoms with Crippen molar-refractivity contribution in [3.05, 3.63) is 57.8 Å². The molecule has 1 fully saturated rings. The number of carbonyl (C=O) groups excluding carboxylic acids is 1. The van der Waals surface area contributed by atoms with Crippen molar-refractivity contribution >= 4 is 27.1 Å². The van der Waals surface area contributed by atoms with Crippen LogP contribution in [-0.2, 0) is 21.1 Å². The summed E-state index contributed by atoms with van der Waals surface area (Å²) in [5.74, 6) is -0.0291. The molecule has 1 amide bonds. The van der Waals surface area contributed by atoms with Crippen molar-refractivity contribution in [1.82, 2.24) is 10.6 Å². The monoisotopic (exact) mass is 406 g/mol. The molecule has 1 aromatic heterocycles. The normalized spacial score (nSPS) is 22.4. The van der Waals surface area contributed by atoms with E-state index in [9.17, 15) is 13.2 Å². The number of hydrogen-bond acceptors (Lipinski definition) is 5. The van der Waals surface area contributed by atoms with Gasteiger partial charge in [0.2, 0.25) is 5.91 Å². The van der Waals surface area contributed by atoms with E-state index in [1.54, 1.807) is 18.3 Å². The zero-order valence-electron chi connectivity index (χ0n) is 15.7. The smallest absolute Gasteiger partial charge is 0.234 e. The molecule has 0 saturated carbocycles. The third-order valence-electron chi connectivity index (χ3n) is 4.96. The summed E-state index contributed by atoms with van der Waals surface area (Å²) < 4.78 is 23.4. The lowest BCUT2D eigenvalue weighted by molar-refractivity contribution is -0.121. The van der Waals surface area contributed by atoms with Crippen LogP contribution in [0.5, 0.6) is 0 Å². The molecule has 7 heteroatoms. The van der Waals surface area contributed by atoms with Crippen LogP contribution in [0.15, 0.2) is 41.8 Å². The van der Waals surface area contributed by atoms with Gasteiger partial charge in [0.25, 0.3) is 0 Å². The molecule has 1 saturated heterocycles. The summed E-state index contributed by atoms with van der Waals surface area (Å²) in [6.07, 6.45) is 1.45. The maximum atomic E-state index is 12.5. The van der Waals surface area contributed by atoms with Gasteiger partial charge in [-0.3, -0.25) is 10.1 Å². The van der Waals surface area contributed by atoms with Crippen LogP contribution >= 0.6 is 11.3 Å². The van der Waals surface area contributed by atoms with E-state index in [0.717, 1.165) is 16.9 Å². The van der Waals surface area contributed by atoms with Crippen LogP contribution in [0, 0.1) is 0 Å². The fraction of sp³-hybridized carbons (Fsp3) is 0.450. The second-order valence-corrected chi connectivity index (χ2v) is 10.5. The van der Waals surface area contributed by atoms with Crippen molar-refractivity contribution in [2.45, 2.75) is 38.3 Å². The minimum Gasteiger partial charge on any atom is -0.349 e. The minimum absolute atomic E-state index is 0.0125. The van der Waals surface area contributed by atoms with E-state index in [4.69, 9.17) is 0 Å². The maximum Gasteiger partial charge on any atom is 0.234 e. The van der Waals surface area contributed by atoms with Crippen LogP contribution in [0.1, 0.15) is 42.3 Å². The van der Waals surface area contributed by atoms with Gasteiger partial charge in [0.1, 0.15) is 0 Å². The molecule has 2 heterocycles. The van der Waals surface area contributed by atoms with E-state index in [1.165, 1.54) is 5.56 Å². The fourth-order valence-corrected chi connectivity index (χ4v) is 6.39. The van der Waals surface area contributed by atoms with Crippen molar-refractivity contribution in [2.75, 3.05) is 18.1 Å². The second-order valence-electron chi connectivity index (χ2n) is 7.38. The Morgan fingerprint density at radius 1 is 1.26 bits per heavy atom. The number of nitrogens with one attached hydrogen (secondary N) is 2. The Morgan fingerprint density at radius 2 is 2.00 bits per heavy atom. The molecule has 1 aliphatic heterocycles. The highest BCUT2D eigenvalue weighted by Gasteiger charge is 2.39. The third kappa shape index (κ3) is 5.18. The highest BCUT2D eigenvalue weighted by molar-refractivity contribution is 7.91. The van der Waals surface area contributed by atoms with Gasteiger partial charge in [-0.15, -0.1) is 11.3 Å². The maximum absolute atomic E-state index is 12.5. The average Bonchev–Trinajstić information content (AvgIpc) is 3.23. The first-order valence-electron chi connectivity index (χ1n) is 9.17. The van der Waals surface area contributed by atoms with Crippen molar-refractivity contribution in [3.8, 4) is 0 Å². The molecule has 1 aromatic carbocycles. The Bertz CT molecular complexity index is 876. The number of carbonyl (C=O) groups is 1. The third-order valence-corrected chi connectivity index (χ3v) is 7.80. The van der Waals surface area contributed by atoms with Crippen LogP contribution in [0.2, 0.25) is 0 Å². The van der Waals surface area contributed by atoms with Gasteiger partial charge in [-0.2, -0.15) is 0 Å². The van der Waals surface area contributed by atoms with E-state index < -0.39 is 15.4 Å². The molecule has 1 aliphatic rings. The molecule has 0 aliphatic carbocycles. The predicted octanol–water partition coefficient (Wildman–Crippen LogP) is 2.68. The summed E-state index contributed by atoms with van der Waals surface area (Å²) in [5.41, 5.74) is 1.72. The Hall–Kier alpha value is -1.70. The molecule has 27 heavy (non-hydrogen) atoms. The molecule has 3 rings (SSSR count). The first-order valence-corrected chi connectivity index (χ1v) is 11.9. The minimum atomic E-state index is -3.05. The Kier molecular flexibility index (Phi) is 6.03. The fourth-order valence-electron chi connectivity index (χ4n) is 3.47. The average molecular weight is 407 g/mol. The lowest BCUT2D eigenvalue weighted by atomic mass is 10.0. The van der Waals surface area contributed by atoms with Gasteiger partial charge < -0.3 is 5.32 Å². The summed E-state index contributed by atoms with van der Waals surface area (Å²) in [5, 5.41) is 8.26. The molecule has 2 N–H and O–H groups in total. The quantitative estimate of drug-likeness (QED) is 0.741. The van der Waals surface area contributed by atoms with Crippen molar-refractivity contribution in [3.63, 3.8) is 0 Å². The van der Waals surface area contributed by atoms with Gasteiger partial charge in [-0.1, -0.05) is 37.3 Å². The van der Waals surface area contributed by atoms with Crippen LogP contribution in [0.3, 0.4) is 0 Å². The lowest BCUT2D eigenvalue weighted by Crippen LogP contribution is -2.50. The van der Waals surface area contributed by atoms with Crippen LogP contribution in [0.4, 0.5) is 0 Å². The van der Waals surface area contributed by atoms with E-state index in [2.05, 4.69) is 47.9 Å².